The molecule has 0 bridgehead atoms. The predicted molar refractivity (Wildman–Crippen MR) is 84.6 cm³/mol. The SMILES string of the molecule is CCOc1ccc(NC(=O)Nc2ccc(CN)cc2)cc1. The van der Waals surface area contributed by atoms with Gasteiger partial charge in [-0.1, -0.05) is 12.1 Å². The maximum atomic E-state index is 11.9. The first-order valence-corrected chi connectivity index (χ1v) is 6.81. The van der Waals surface area contributed by atoms with E-state index in [1.165, 1.54) is 0 Å². The van der Waals surface area contributed by atoms with E-state index < -0.39 is 0 Å². The van der Waals surface area contributed by atoms with Crippen molar-refractivity contribution in [2.75, 3.05) is 17.2 Å². The number of nitrogens with one attached hydrogen (secondary N) is 2. The van der Waals surface area contributed by atoms with Crippen molar-refractivity contribution >= 4 is 17.4 Å². The van der Waals surface area contributed by atoms with Crippen molar-refractivity contribution in [2.24, 2.45) is 5.73 Å². The second kappa shape index (κ2) is 7.31. The minimum absolute atomic E-state index is 0.292. The zero-order valence-electron chi connectivity index (χ0n) is 11.9. The Morgan fingerprint density at radius 1 is 1.00 bits per heavy atom. The molecule has 0 saturated heterocycles. The van der Waals surface area contributed by atoms with Crippen LogP contribution in [0.5, 0.6) is 5.75 Å². The third-order valence-corrected chi connectivity index (χ3v) is 2.87. The van der Waals surface area contributed by atoms with Gasteiger partial charge in [0.2, 0.25) is 0 Å². The quantitative estimate of drug-likeness (QED) is 0.789. The van der Waals surface area contributed by atoms with E-state index in [9.17, 15) is 4.79 Å². The van der Waals surface area contributed by atoms with E-state index in [2.05, 4.69) is 10.6 Å². The summed E-state index contributed by atoms with van der Waals surface area (Å²) >= 11 is 0. The lowest BCUT2D eigenvalue weighted by atomic mass is 10.2. The Balaban J connectivity index is 1.91. The Morgan fingerprint density at radius 2 is 1.52 bits per heavy atom. The van der Waals surface area contributed by atoms with E-state index in [0.717, 1.165) is 17.0 Å². The molecule has 2 aromatic rings. The number of carbonyl (C=O) groups is 1. The molecule has 0 aliphatic heterocycles. The maximum absolute atomic E-state index is 11.9. The lowest BCUT2D eigenvalue weighted by Crippen LogP contribution is -2.19. The number of urea groups is 1. The molecule has 0 aliphatic carbocycles. The topological polar surface area (TPSA) is 76.4 Å². The van der Waals surface area contributed by atoms with Crippen LogP contribution in [0.4, 0.5) is 16.2 Å². The minimum atomic E-state index is -0.292. The fraction of sp³-hybridized carbons (Fsp3) is 0.188. The van der Waals surface area contributed by atoms with Crippen molar-refractivity contribution in [3.05, 3.63) is 54.1 Å². The number of carbonyl (C=O) groups excluding carboxylic acids is 1. The molecule has 0 atom stereocenters. The fourth-order valence-electron chi connectivity index (χ4n) is 1.82. The van der Waals surface area contributed by atoms with Gasteiger partial charge in [0, 0.05) is 17.9 Å². The second-order valence-electron chi connectivity index (χ2n) is 4.44. The van der Waals surface area contributed by atoms with E-state index in [-0.39, 0.29) is 6.03 Å². The first-order chi connectivity index (χ1) is 10.2. The van der Waals surface area contributed by atoms with Crippen LogP contribution in [-0.4, -0.2) is 12.6 Å². The van der Waals surface area contributed by atoms with Crippen LogP contribution in [0.15, 0.2) is 48.5 Å². The molecule has 0 aliphatic rings. The van der Waals surface area contributed by atoms with Crippen molar-refractivity contribution in [3.63, 3.8) is 0 Å². The van der Waals surface area contributed by atoms with Gasteiger partial charge in [0.25, 0.3) is 0 Å². The van der Waals surface area contributed by atoms with Crippen LogP contribution in [0.25, 0.3) is 0 Å². The van der Waals surface area contributed by atoms with Gasteiger partial charge in [0.1, 0.15) is 5.75 Å². The first kappa shape index (κ1) is 14.9. The Labute approximate surface area is 124 Å². The van der Waals surface area contributed by atoms with Crippen molar-refractivity contribution in [3.8, 4) is 5.75 Å². The van der Waals surface area contributed by atoms with Crippen LogP contribution in [0.3, 0.4) is 0 Å². The number of amides is 2. The van der Waals surface area contributed by atoms with Gasteiger partial charge in [-0.25, -0.2) is 4.79 Å². The standard InChI is InChI=1S/C16H19N3O2/c1-2-21-15-9-7-14(8-10-15)19-16(20)18-13-5-3-12(11-17)4-6-13/h3-10H,2,11,17H2,1H3,(H2,18,19,20). The van der Waals surface area contributed by atoms with Gasteiger partial charge >= 0.3 is 6.03 Å². The van der Waals surface area contributed by atoms with Gasteiger partial charge in [-0.3, -0.25) is 0 Å². The molecule has 0 radical (unpaired) electrons. The number of rotatable bonds is 5. The molecule has 0 aromatic heterocycles. The van der Waals surface area contributed by atoms with Crippen LogP contribution in [0, 0.1) is 0 Å². The molecule has 5 heteroatoms. The van der Waals surface area contributed by atoms with Crippen LogP contribution in [0.1, 0.15) is 12.5 Å². The molecule has 0 unspecified atom stereocenters. The van der Waals surface area contributed by atoms with E-state index in [1.807, 2.05) is 43.3 Å². The van der Waals surface area contributed by atoms with Crippen molar-refractivity contribution in [1.82, 2.24) is 0 Å². The van der Waals surface area contributed by atoms with Crippen molar-refractivity contribution < 1.29 is 9.53 Å². The number of benzene rings is 2. The molecule has 0 saturated carbocycles. The Kier molecular flexibility index (Phi) is 5.17. The molecule has 0 spiro atoms. The average molecular weight is 285 g/mol. The van der Waals surface area contributed by atoms with E-state index in [1.54, 1.807) is 12.1 Å². The van der Waals surface area contributed by atoms with Crippen LogP contribution < -0.4 is 21.1 Å². The molecule has 5 nitrogen and oxygen atoms in total. The molecule has 2 aromatic carbocycles. The Bertz CT molecular complexity index is 579. The van der Waals surface area contributed by atoms with Gasteiger partial charge in [-0.2, -0.15) is 0 Å². The molecule has 0 heterocycles. The van der Waals surface area contributed by atoms with Gasteiger partial charge in [0.15, 0.2) is 0 Å². The zero-order chi connectivity index (χ0) is 15.1. The lowest BCUT2D eigenvalue weighted by molar-refractivity contribution is 0.262. The highest BCUT2D eigenvalue weighted by Gasteiger charge is 2.03. The number of anilines is 2. The third kappa shape index (κ3) is 4.50. The number of ether oxygens (including phenoxy) is 1. The highest BCUT2D eigenvalue weighted by molar-refractivity contribution is 5.99. The summed E-state index contributed by atoms with van der Waals surface area (Å²) in [6, 6.07) is 14.3. The summed E-state index contributed by atoms with van der Waals surface area (Å²) in [6.45, 7) is 3.03. The van der Waals surface area contributed by atoms with E-state index in [4.69, 9.17) is 10.5 Å². The fourth-order valence-corrected chi connectivity index (χ4v) is 1.82. The van der Waals surface area contributed by atoms with E-state index in [0.29, 0.717) is 18.8 Å². The summed E-state index contributed by atoms with van der Waals surface area (Å²) in [5, 5.41) is 5.52. The Morgan fingerprint density at radius 3 is 2.00 bits per heavy atom. The van der Waals surface area contributed by atoms with Crippen molar-refractivity contribution in [2.45, 2.75) is 13.5 Å². The van der Waals surface area contributed by atoms with Crippen LogP contribution >= 0.6 is 0 Å². The average Bonchev–Trinajstić information content (AvgIpc) is 2.50. The zero-order valence-corrected chi connectivity index (χ0v) is 11.9. The normalized spacial score (nSPS) is 10.0. The summed E-state index contributed by atoms with van der Waals surface area (Å²) < 4.78 is 5.34. The molecule has 4 N–H and O–H groups in total. The maximum Gasteiger partial charge on any atom is 0.323 e. The van der Waals surface area contributed by atoms with Gasteiger partial charge < -0.3 is 21.1 Å². The second-order valence-corrected chi connectivity index (χ2v) is 4.44. The Hall–Kier alpha value is -2.53. The number of hydrogen-bond donors (Lipinski definition) is 3. The minimum Gasteiger partial charge on any atom is -0.494 e. The van der Waals surface area contributed by atoms with Gasteiger partial charge in [-0.05, 0) is 48.9 Å². The van der Waals surface area contributed by atoms with Crippen LogP contribution in [0.2, 0.25) is 0 Å². The highest BCUT2D eigenvalue weighted by atomic mass is 16.5. The summed E-state index contributed by atoms with van der Waals surface area (Å²) in [6.07, 6.45) is 0. The smallest absolute Gasteiger partial charge is 0.323 e. The number of nitrogens with two attached hydrogens (primary N) is 1. The largest absolute Gasteiger partial charge is 0.494 e. The monoisotopic (exact) mass is 285 g/mol. The molecule has 2 amide bonds. The summed E-state index contributed by atoms with van der Waals surface area (Å²) in [7, 11) is 0. The molecule has 0 fully saturated rings. The summed E-state index contributed by atoms with van der Waals surface area (Å²) in [5.41, 5.74) is 7.97. The van der Waals surface area contributed by atoms with Crippen LogP contribution in [-0.2, 0) is 6.54 Å². The van der Waals surface area contributed by atoms with Gasteiger partial charge in [0.05, 0.1) is 6.61 Å². The van der Waals surface area contributed by atoms with E-state index >= 15 is 0 Å². The first-order valence-electron chi connectivity index (χ1n) is 6.81. The molecule has 21 heavy (non-hydrogen) atoms. The molecular formula is C16H19N3O2. The number of hydrogen-bond acceptors (Lipinski definition) is 3. The van der Waals surface area contributed by atoms with Crippen molar-refractivity contribution in [1.29, 1.82) is 0 Å². The predicted octanol–water partition coefficient (Wildman–Crippen LogP) is 3.19. The van der Waals surface area contributed by atoms with Gasteiger partial charge in [-0.15, -0.1) is 0 Å². The highest BCUT2D eigenvalue weighted by Crippen LogP contribution is 2.16. The third-order valence-electron chi connectivity index (χ3n) is 2.87. The molecule has 2 rings (SSSR count). The lowest BCUT2D eigenvalue weighted by Gasteiger charge is -2.09. The molecular weight excluding hydrogens is 266 g/mol. The summed E-state index contributed by atoms with van der Waals surface area (Å²) in [4.78, 5) is 11.9. The molecule has 110 valence electrons. The summed E-state index contributed by atoms with van der Waals surface area (Å²) in [5.74, 6) is 0.779.